The molecule has 0 aromatic carbocycles. The van der Waals surface area contributed by atoms with Crippen LogP contribution in [0.4, 0.5) is 0 Å². The molecule has 0 aromatic rings. The third-order valence-electron chi connectivity index (χ3n) is 2.80. The minimum absolute atomic E-state index is 0.169. The fourth-order valence-corrected chi connectivity index (χ4v) is 1.53. The van der Waals surface area contributed by atoms with Gasteiger partial charge in [-0.25, -0.2) is 5.43 Å². The van der Waals surface area contributed by atoms with Crippen LogP contribution in [0.2, 0.25) is 0 Å². The molecule has 0 amide bonds. The van der Waals surface area contributed by atoms with Gasteiger partial charge >= 0.3 is 0 Å². The van der Waals surface area contributed by atoms with Crippen molar-refractivity contribution in [2.75, 3.05) is 6.61 Å². The Bertz CT molecular complexity index is 189. The van der Waals surface area contributed by atoms with Gasteiger partial charge in [-0.3, -0.25) is 5.84 Å². The average molecular weight is 184 g/mol. The number of hydrogen-bond acceptors (Lipinski definition) is 3. The van der Waals surface area contributed by atoms with Gasteiger partial charge in [0.1, 0.15) is 5.76 Å². The van der Waals surface area contributed by atoms with Crippen molar-refractivity contribution in [1.29, 1.82) is 0 Å². The van der Waals surface area contributed by atoms with Gasteiger partial charge in [0.25, 0.3) is 0 Å². The second kappa shape index (κ2) is 4.63. The summed E-state index contributed by atoms with van der Waals surface area (Å²) in [7, 11) is 0. The lowest BCUT2D eigenvalue weighted by Crippen LogP contribution is -2.43. The van der Waals surface area contributed by atoms with Crippen molar-refractivity contribution in [3.05, 3.63) is 11.8 Å². The lowest BCUT2D eigenvalue weighted by molar-refractivity contribution is 0.182. The van der Waals surface area contributed by atoms with Gasteiger partial charge in [-0.05, 0) is 17.9 Å². The van der Waals surface area contributed by atoms with Crippen molar-refractivity contribution in [3.63, 3.8) is 0 Å². The van der Waals surface area contributed by atoms with E-state index in [0.717, 1.165) is 18.8 Å². The Morgan fingerprint density at radius 1 is 1.46 bits per heavy atom. The lowest BCUT2D eigenvalue weighted by atomic mass is 9.89. The smallest absolute Gasteiger partial charge is 0.111 e. The second-order valence-electron chi connectivity index (χ2n) is 3.99. The average Bonchev–Trinajstić information content (AvgIpc) is 2.58. The summed E-state index contributed by atoms with van der Waals surface area (Å²) >= 11 is 0. The van der Waals surface area contributed by atoms with E-state index in [2.05, 4.69) is 32.3 Å². The second-order valence-corrected chi connectivity index (χ2v) is 3.99. The quantitative estimate of drug-likeness (QED) is 0.513. The van der Waals surface area contributed by atoms with Crippen LogP contribution in [-0.4, -0.2) is 12.6 Å². The molecule has 0 radical (unpaired) electrons. The van der Waals surface area contributed by atoms with Gasteiger partial charge in [0, 0.05) is 6.42 Å². The van der Waals surface area contributed by atoms with Crippen LogP contribution in [0.3, 0.4) is 0 Å². The molecule has 3 nitrogen and oxygen atoms in total. The van der Waals surface area contributed by atoms with E-state index in [1.54, 1.807) is 0 Å². The highest BCUT2D eigenvalue weighted by Crippen LogP contribution is 2.23. The topological polar surface area (TPSA) is 47.3 Å². The van der Waals surface area contributed by atoms with Gasteiger partial charge in [0.2, 0.25) is 0 Å². The van der Waals surface area contributed by atoms with Gasteiger partial charge < -0.3 is 4.74 Å². The Morgan fingerprint density at radius 2 is 2.15 bits per heavy atom. The maximum absolute atomic E-state index is 5.52. The largest absolute Gasteiger partial charge is 0.496 e. The molecule has 0 bridgehead atoms. The minimum atomic E-state index is 0.169. The molecule has 0 aliphatic carbocycles. The molecule has 0 spiro atoms. The van der Waals surface area contributed by atoms with Crippen molar-refractivity contribution in [3.8, 4) is 0 Å². The molecule has 2 atom stereocenters. The molecule has 76 valence electrons. The summed E-state index contributed by atoms with van der Waals surface area (Å²) in [5, 5.41) is 0. The van der Waals surface area contributed by atoms with E-state index < -0.39 is 0 Å². The summed E-state index contributed by atoms with van der Waals surface area (Å²) < 4.78 is 5.50. The molecule has 13 heavy (non-hydrogen) atoms. The van der Waals surface area contributed by atoms with E-state index in [4.69, 9.17) is 10.6 Å². The van der Waals surface area contributed by atoms with Crippen LogP contribution >= 0.6 is 0 Å². The first-order chi connectivity index (χ1) is 6.16. The van der Waals surface area contributed by atoms with E-state index in [9.17, 15) is 0 Å². The zero-order valence-corrected chi connectivity index (χ0v) is 8.71. The zero-order chi connectivity index (χ0) is 9.84. The predicted molar refractivity (Wildman–Crippen MR) is 53.8 cm³/mol. The summed E-state index contributed by atoms with van der Waals surface area (Å²) in [4.78, 5) is 0. The Hall–Kier alpha value is -0.540. The lowest BCUT2D eigenvalue weighted by Gasteiger charge is -2.26. The van der Waals surface area contributed by atoms with Crippen LogP contribution in [0.1, 0.15) is 27.2 Å². The van der Waals surface area contributed by atoms with Gasteiger partial charge in [-0.2, -0.15) is 0 Å². The van der Waals surface area contributed by atoms with Gasteiger partial charge in [0.05, 0.1) is 12.6 Å². The zero-order valence-electron chi connectivity index (χ0n) is 8.71. The first-order valence-corrected chi connectivity index (χ1v) is 4.95. The van der Waals surface area contributed by atoms with Gasteiger partial charge in [0.15, 0.2) is 0 Å². The van der Waals surface area contributed by atoms with E-state index in [0.29, 0.717) is 11.8 Å². The number of rotatable bonds is 4. The van der Waals surface area contributed by atoms with Crippen molar-refractivity contribution >= 4 is 0 Å². The Balaban J connectivity index is 2.60. The molecule has 1 aliphatic rings. The van der Waals surface area contributed by atoms with Crippen LogP contribution in [0.25, 0.3) is 0 Å². The summed E-state index contributed by atoms with van der Waals surface area (Å²) in [5.41, 5.74) is 2.83. The summed E-state index contributed by atoms with van der Waals surface area (Å²) in [6.07, 6.45) is 3.14. The molecular formula is C10H20N2O. The van der Waals surface area contributed by atoms with Crippen LogP contribution in [0, 0.1) is 11.8 Å². The predicted octanol–water partition coefficient (Wildman–Crippen LogP) is 1.41. The highest BCUT2D eigenvalue weighted by Gasteiger charge is 2.25. The van der Waals surface area contributed by atoms with Crippen molar-refractivity contribution in [2.45, 2.75) is 33.2 Å². The molecule has 1 rings (SSSR count). The Labute approximate surface area is 80.3 Å². The molecule has 1 aliphatic heterocycles. The first kappa shape index (κ1) is 10.5. The van der Waals surface area contributed by atoms with Crippen LogP contribution in [0.5, 0.6) is 0 Å². The van der Waals surface area contributed by atoms with Gasteiger partial charge in [-0.1, -0.05) is 20.8 Å². The third kappa shape index (κ3) is 2.45. The summed E-state index contributed by atoms with van der Waals surface area (Å²) in [6.45, 7) is 7.39. The highest BCUT2D eigenvalue weighted by atomic mass is 16.5. The fraction of sp³-hybridized carbons (Fsp3) is 0.800. The number of ether oxygens (including phenoxy) is 1. The molecular weight excluding hydrogens is 164 g/mol. The summed E-state index contributed by atoms with van der Waals surface area (Å²) in [5.74, 6) is 7.64. The van der Waals surface area contributed by atoms with E-state index in [1.807, 2.05) is 0 Å². The number of nitrogens with two attached hydrogens (primary N) is 1. The van der Waals surface area contributed by atoms with Crippen molar-refractivity contribution in [2.24, 2.45) is 17.7 Å². The van der Waals surface area contributed by atoms with Crippen LogP contribution in [-0.2, 0) is 4.74 Å². The Kier molecular flexibility index (Phi) is 3.75. The van der Waals surface area contributed by atoms with Crippen LogP contribution < -0.4 is 11.3 Å². The monoisotopic (exact) mass is 184 g/mol. The normalized spacial score (nSPS) is 21.2. The molecule has 1 heterocycles. The first-order valence-electron chi connectivity index (χ1n) is 4.95. The number of nitrogens with one attached hydrogen (secondary N) is 1. The van der Waals surface area contributed by atoms with Crippen molar-refractivity contribution < 1.29 is 4.74 Å². The van der Waals surface area contributed by atoms with E-state index in [1.165, 1.54) is 0 Å². The molecule has 0 fully saturated rings. The Morgan fingerprint density at radius 3 is 2.54 bits per heavy atom. The molecule has 0 aromatic heterocycles. The highest BCUT2D eigenvalue weighted by molar-refractivity contribution is 5.08. The minimum Gasteiger partial charge on any atom is -0.496 e. The summed E-state index contributed by atoms with van der Waals surface area (Å²) in [6, 6.07) is 0.169. The SMILES string of the molecule is CC(C)C(C)C(NN)C1=CCCO1. The molecule has 2 unspecified atom stereocenters. The van der Waals surface area contributed by atoms with E-state index in [-0.39, 0.29) is 6.04 Å². The fourth-order valence-electron chi connectivity index (χ4n) is 1.53. The standard InChI is InChI=1S/C10H20N2O/c1-7(2)8(3)10(12-11)9-5-4-6-13-9/h5,7-8,10,12H,4,6,11H2,1-3H3. The third-order valence-corrected chi connectivity index (χ3v) is 2.80. The van der Waals surface area contributed by atoms with E-state index >= 15 is 0 Å². The number of hydrazine groups is 1. The molecule has 0 saturated carbocycles. The molecule has 3 N–H and O–H groups in total. The van der Waals surface area contributed by atoms with Gasteiger partial charge in [-0.15, -0.1) is 0 Å². The molecule has 0 saturated heterocycles. The maximum Gasteiger partial charge on any atom is 0.111 e. The maximum atomic E-state index is 5.52. The van der Waals surface area contributed by atoms with Crippen LogP contribution in [0.15, 0.2) is 11.8 Å². The number of hydrogen-bond donors (Lipinski definition) is 2. The van der Waals surface area contributed by atoms with Crippen molar-refractivity contribution in [1.82, 2.24) is 5.43 Å². The molecule has 3 heteroatoms.